The van der Waals surface area contributed by atoms with E-state index in [2.05, 4.69) is 0 Å². The van der Waals surface area contributed by atoms with E-state index in [0.29, 0.717) is 6.54 Å². The second-order valence-corrected chi connectivity index (χ2v) is 4.97. The first-order valence-electron chi connectivity index (χ1n) is 5.67. The zero-order valence-corrected chi connectivity index (χ0v) is 11.6. The molecule has 1 aromatic carbocycles. The van der Waals surface area contributed by atoms with Gasteiger partial charge in [0.2, 0.25) is 0 Å². The Bertz CT molecular complexity index is 319. The lowest BCUT2D eigenvalue weighted by Crippen LogP contribution is -2.23. The molecule has 1 aromatic rings. The SMILES string of the molecule is CC(C)(C)Oc1ccc([C@@H](N)CCN)cc1.Cl. The summed E-state index contributed by atoms with van der Waals surface area (Å²) in [6, 6.07) is 7.94. The van der Waals surface area contributed by atoms with Gasteiger partial charge in [-0.2, -0.15) is 0 Å². The molecule has 17 heavy (non-hydrogen) atoms. The van der Waals surface area contributed by atoms with Crippen LogP contribution in [0.2, 0.25) is 0 Å². The van der Waals surface area contributed by atoms with Gasteiger partial charge in [0.15, 0.2) is 0 Å². The fourth-order valence-electron chi connectivity index (χ4n) is 1.48. The number of halogens is 1. The second kappa shape index (κ2) is 6.84. The molecular formula is C13H23ClN2O. The Kier molecular flexibility index (Phi) is 6.53. The highest BCUT2D eigenvalue weighted by Crippen LogP contribution is 2.21. The first-order valence-corrected chi connectivity index (χ1v) is 5.67. The minimum absolute atomic E-state index is 0. The van der Waals surface area contributed by atoms with Crippen LogP contribution in [0, 0.1) is 0 Å². The van der Waals surface area contributed by atoms with Gasteiger partial charge in [0.1, 0.15) is 11.4 Å². The van der Waals surface area contributed by atoms with Crippen molar-refractivity contribution in [2.24, 2.45) is 11.5 Å². The van der Waals surface area contributed by atoms with Gasteiger partial charge >= 0.3 is 0 Å². The third kappa shape index (κ3) is 5.91. The zero-order valence-electron chi connectivity index (χ0n) is 10.8. The van der Waals surface area contributed by atoms with Crippen LogP contribution in [0.4, 0.5) is 0 Å². The topological polar surface area (TPSA) is 61.3 Å². The number of rotatable bonds is 4. The predicted octanol–water partition coefficient (Wildman–Crippen LogP) is 2.63. The van der Waals surface area contributed by atoms with Crippen molar-refractivity contribution in [2.45, 2.75) is 38.8 Å². The molecule has 3 nitrogen and oxygen atoms in total. The number of ether oxygens (including phenoxy) is 1. The molecule has 1 rings (SSSR count). The third-order valence-corrected chi connectivity index (χ3v) is 2.21. The Labute approximate surface area is 110 Å². The average Bonchev–Trinajstić information content (AvgIpc) is 2.16. The van der Waals surface area contributed by atoms with Gasteiger partial charge in [-0.15, -0.1) is 12.4 Å². The van der Waals surface area contributed by atoms with Crippen molar-refractivity contribution in [1.29, 1.82) is 0 Å². The molecule has 4 N–H and O–H groups in total. The summed E-state index contributed by atoms with van der Waals surface area (Å²) in [6.07, 6.45) is 0.805. The third-order valence-electron chi connectivity index (χ3n) is 2.21. The van der Waals surface area contributed by atoms with Crippen molar-refractivity contribution in [3.63, 3.8) is 0 Å². The van der Waals surface area contributed by atoms with Crippen LogP contribution in [-0.2, 0) is 0 Å². The average molecular weight is 259 g/mol. The summed E-state index contributed by atoms with van der Waals surface area (Å²) in [7, 11) is 0. The van der Waals surface area contributed by atoms with Crippen LogP contribution < -0.4 is 16.2 Å². The summed E-state index contributed by atoms with van der Waals surface area (Å²) >= 11 is 0. The molecule has 0 radical (unpaired) electrons. The van der Waals surface area contributed by atoms with E-state index >= 15 is 0 Å². The van der Waals surface area contributed by atoms with E-state index in [4.69, 9.17) is 16.2 Å². The van der Waals surface area contributed by atoms with Crippen molar-refractivity contribution >= 4 is 12.4 Å². The molecule has 98 valence electrons. The van der Waals surface area contributed by atoms with Crippen LogP contribution in [0.1, 0.15) is 38.8 Å². The van der Waals surface area contributed by atoms with Crippen LogP contribution in [0.25, 0.3) is 0 Å². The van der Waals surface area contributed by atoms with Crippen molar-refractivity contribution in [3.8, 4) is 5.75 Å². The maximum absolute atomic E-state index is 5.96. The van der Waals surface area contributed by atoms with Crippen molar-refractivity contribution in [2.75, 3.05) is 6.54 Å². The Morgan fingerprint density at radius 3 is 2.12 bits per heavy atom. The lowest BCUT2D eigenvalue weighted by molar-refractivity contribution is 0.131. The highest BCUT2D eigenvalue weighted by Gasteiger charge is 2.12. The molecule has 0 amide bonds. The highest BCUT2D eigenvalue weighted by molar-refractivity contribution is 5.85. The van der Waals surface area contributed by atoms with Gasteiger partial charge in [-0.1, -0.05) is 12.1 Å². The number of benzene rings is 1. The van der Waals surface area contributed by atoms with Crippen molar-refractivity contribution in [1.82, 2.24) is 0 Å². The lowest BCUT2D eigenvalue weighted by Gasteiger charge is -2.21. The van der Waals surface area contributed by atoms with Crippen LogP contribution in [0.3, 0.4) is 0 Å². The minimum atomic E-state index is -0.166. The molecule has 0 aromatic heterocycles. The van der Waals surface area contributed by atoms with Crippen molar-refractivity contribution < 1.29 is 4.74 Å². The van der Waals surface area contributed by atoms with Gasteiger partial charge in [-0.05, 0) is 51.4 Å². The van der Waals surface area contributed by atoms with E-state index in [1.165, 1.54) is 0 Å². The maximum Gasteiger partial charge on any atom is 0.120 e. The van der Waals surface area contributed by atoms with Crippen LogP contribution in [0.15, 0.2) is 24.3 Å². The Balaban J connectivity index is 0.00000256. The van der Waals surface area contributed by atoms with Gasteiger partial charge in [0.25, 0.3) is 0 Å². The first-order chi connectivity index (χ1) is 7.42. The zero-order chi connectivity index (χ0) is 12.2. The Hall–Kier alpha value is -0.770. The molecular weight excluding hydrogens is 236 g/mol. The number of hydrogen-bond donors (Lipinski definition) is 2. The summed E-state index contributed by atoms with van der Waals surface area (Å²) in [5.41, 5.74) is 12.4. The highest BCUT2D eigenvalue weighted by atomic mass is 35.5. The van der Waals surface area contributed by atoms with Crippen LogP contribution >= 0.6 is 12.4 Å². The smallest absolute Gasteiger partial charge is 0.120 e. The molecule has 0 saturated heterocycles. The normalized spacial score (nSPS) is 12.8. The summed E-state index contributed by atoms with van der Waals surface area (Å²) < 4.78 is 5.73. The van der Waals surface area contributed by atoms with Crippen LogP contribution in [0.5, 0.6) is 5.75 Å². The summed E-state index contributed by atoms with van der Waals surface area (Å²) in [5.74, 6) is 0.871. The fraction of sp³-hybridized carbons (Fsp3) is 0.538. The van der Waals surface area contributed by atoms with Gasteiger partial charge in [-0.3, -0.25) is 0 Å². The molecule has 0 bridgehead atoms. The van der Waals surface area contributed by atoms with E-state index in [9.17, 15) is 0 Å². The van der Waals surface area contributed by atoms with Gasteiger partial charge in [0.05, 0.1) is 0 Å². The molecule has 0 unspecified atom stereocenters. The molecule has 0 aliphatic carbocycles. The van der Waals surface area contributed by atoms with E-state index in [1.807, 2.05) is 45.0 Å². The molecule has 0 saturated carbocycles. The second-order valence-electron chi connectivity index (χ2n) is 4.97. The summed E-state index contributed by atoms with van der Waals surface area (Å²) in [4.78, 5) is 0. The van der Waals surface area contributed by atoms with E-state index < -0.39 is 0 Å². The monoisotopic (exact) mass is 258 g/mol. The van der Waals surface area contributed by atoms with E-state index in [1.54, 1.807) is 0 Å². The standard InChI is InChI=1S/C13H22N2O.ClH/c1-13(2,3)16-11-6-4-10(5-7-11)12(15)8-9-14;/h4-7,12H,8-9,14-15H2,1-3H3;1H/t12-;/m0./s1. The molecule has 4 heteroatoms. The molecule has 0 heterocycles. The summed E-state index contributed by atoms with van der Waals surface area (Å²) in [5, 5.41) is 0. The largest absolute Gasteiger partial charge is 0.488 e. The number of nitrogens with two attached hydrogens (primary N) is 2. The van der Waals surface area contributed by atoms with Gasteiger partial charge in [-0.25, -0.2) is 0 Å². The molecule has 0 spiro atoms. The lowest BCUT2D eigenvalue weighted by atomic mass is 10.0. The van der Waals surface area contributed by atoms with Crippen LogP contribution in [-0.4, -0.2) is 12.1 Å². The van der Waals surface area contributed by atoms with E-state index in [-0.39, 0.29) is 24.0 Å². The van der Waals surface area contributed by atoms with E-state index in [0.717, 1.165) is 17.7 Å². The fourth-order valence-corrected chi connectivity index (χ4v) is 1.48. The van der Waals surface area contributed by atoms with Gasteiger partial charge in [0, 0.05) is 6.04 Å². The minimum Gasteiger partial charge on any atom is -0.488 e. The quantitative estimate of drug-likeness (QED) is 0.873. The summed E-state index contributed by atoms with van der Waals surface area (Å²) in [6.45, 7) is 6.70. The first kappa shape index (κ1) is 16.2. The Morgan fingerprint density at radius 1 is 1.18 bits per heavy atom. The molecule has 0 fully saturated rings. The van der Waals surface area contributed by atoms with Crippen molar-refractivity contribution in [3.05, 3.63) is 29.8 Å². The maximum atomic E-state index is 5.96. The predicted molar refractivity (Wildman–Crippen MR) is 74.7 cm³/mol. The molecule has 0 aliphatic rings. The van der Waals surface area contributed by atoms with Gasteiger partial charge < -0.3 is 16.2 Å². The number of hydrogen-bond acceptors (Lipinski definition) is 3. The molecule has 1 atom stereocenters. The Morgan fingerprint density at radius 2 is 1.71 bits per heavy atom. The molecule has 0 aliphatic heterocycles.